The topological polar surface area (TPSA) is 86.9 Å². The minimum absolute atomic E-state index is 0.225. The van der Waals surface area contributed by atoms with Crippen molar-refractivity contribution in [3.05, 3.63) is 42.5 Å². The van der Waals surface area contributed by atoms with E-state index in [1.807, 2.05) is 0 Å². The molecule has 0 atom stereocenters. The number of aromatic nitrogens is 2. The molecule has 0 aliphatic carbocycles. The van der Waals surface area contributed by atoms with E-state index in [0.29, 0.717) is 12.2 Å². The van der Waals surface area contributed by atoms with Crippen LogP contribution >= 0.6 is 0 Å². The van der Waals surface area contributed by atoms with Crippen LogP contribution in [0.1, 0.15) is 19.0 Å². The van der Waals surface area contributed by atoms with Gasteiger partial charge >= 0.3 is 0 Å². The lowest BCUT2D eigenvalue weighted by molar-refractivity contribution is 0.601. The van der Waals surface area contributed by atoms with Gasteiger partial charge in [-0.25, -0.2) is 8.42 Å². The molecule has 20 heavy (non-hydrogen) atoms. The maximum absolute atomic E-state index is 12.2. The Morgan fingerprint density at radius 2 is 2.05 bits per heavy atom. The molecule has 0 fully saturated rings. The van der Waals surface area contributed by atoms with E-state index < -0.39 is 10.0 Å². The molecule has 2 rings (SSSR count). The normalized spacial score (nSPS) is 11.4. The van der Waals surface area contributed by atoms with Crippen molar-refractivity contribution in [3.8, 4) is 0 Å². The van der Waals surface area contributed by atoms with Crippen molar-refractivity contribution < 1.29 is 8.42 Å². The molecule has 2 aromatic heterocycles. The summed E-state index contributed by atoms with van der Waals surface area (Å²) >= 11 is 0. The molecule has 2 heterocycles. The van der Waals surface area contributed by atoms with Gasteiger partial charge in [0.05, 0.1) is 5.69 Å². The second-order valence-electron chi connectivity index (χ2n) is 4.38. The van der Waals surface area contributed by atoms with Crippen molar-refractivity contribution >= 4 is 15.7 Å². The Bertz CT molecular complexity index is 637. The highest BCUT2D eigenvalue weighted by Crippen LogP contribution is 2.16. The number of H-pyrrole nitrogens is 1. The third kappa shape index (κ3) is 3.82. The first-order valence-corrected chi connectivity index (χ1v) is 7.91. The number of nitrogens with one attached hydrogen (secondary N) is 3. The molecule has 0 saturated heterocycles. The molecule has 0 aromatic carbocycles. The van der Waals surface area contributed by atoms with E-state index >= 15 is 0 Å². The molecule has 0 spiro atoms. The number of anilines is 1. The van der Waals surface area contributed by atoms with Crippen molar-refractivity contribution in [2.24, 2.45) is 0 Å². The molecular formula is C13H18N4O2S. The Hall–Kier alpha value is -1.86. The van der Waals surface area contributed by atoms with Crippen molar-refractivity contribution in [2.75, 3.05) is 11.3 Å². The van der Waals surface area contributed by atoms with E-state index in [4.69, 9.17) is 0 Å². The highest BCUT2D eigenvalue weighted by Gasteiger charge is 2.15. The number of nitrogens with zero attached hydrogens (tertiary/aromatic N) is 1. The Morgan fingerprint density at radius 3 is 2.75 bits per heavy atom. The molecule has 0 aliphatic rings. The summed E-state index contributed by atoms with van der Waals surface area (Å²) in [5.41, 5.74) is 1.33. The molecule has 2 aromatic rings. The van der Waals surface area contributed by atoms with Crippen LogP contribution in [-0.4, -0.2) is 24.9 Å². The maximum Gasteiger partial charge on any atom is 0.263 e. The van der Waals surface area contributed by atoms with E-state index in [0.717, 1.165) is 18.7 Å². The van der Waals surface area contributed by atoms with Gasteiger partial charge in [0, 0.05) is 30.8 Å². The molecule has 3 N–H and O–H groups in total. The minimum Gasteiger partial charge on any atom is -0.363 e. The van der Waals surface area contributed by atoms with Gasteiger partial charge in [-0.3, -0.25) is 9.71 Å². The maximum atomic E-state index is 12.2. The van der Waals surface area contributed by atoms with Crippen LogP contribution in [0.4, 0.5) is 5.69 Å². The SMILES string of the molecule is CCCNCc1cc(S(=O)(=O)Nc2ccncc2)c[nH]1. The molecule has 0 bridgehead atoms. The van der Waals surface area contributed by atoms with Crippen molar-refractivity contribution in [1.29, 1.82) is 0 Å². The lowest BCUT2D eigenvalue weighted by atomic mass is 10.4. The minimum atomic E-state index is -3.56. The van der Waals surface area contributed by atoms with Gasteiger partial charge in [0.15, 0.2) is 0 Å². The first-order valence-electron chi connectivity index (χ1n) is 6.42. The predicted octanol–water partition coefficient (Wildman–Crippen LogP) is 1.71. The summed E-state index contributed by atoms with van der Waals surface area (Å²) < 4.78 is 26.9. The van der Waals surface area contributed by atoms with Gasteiger partial charge in [-0.1, -0.05) is 6.92 Å². The first-order chi connectivity index (χ1) is 9.62. The number of hydrogen-bond acceptors (Lipinski definition) is 4. The highest BCUT2D eigenvalue weighted by atomic mass is 32.2. The van der Waals surface area contributed by atoms with E-state index in [-0.39, 0.29) is 4.90 Å². The van der Waals surface area contributed by atoms with E-state index in [9.17, 15) is 8.42 Å². The van der Waals surface area contributed by atoms with Crippen molar-refractivity contribution in [1.82, 2.24) is 15.3 Å². The Balaban J connectivity index is 2.06. The van der Waals surface area contributed by atoms with E-state index in [1.54, 1.807) is 18.2 Å². The van der Waals surface area contributed by atoms with E-state index in [1.165, 1.54) is 18.6 Å². The summed E-state index contributed by atoms with van der Waals surface area (Å²) in [6.07, 6.45) is 5.60. The third-order valence-corrected chi connectivity index (χ3v) is 4.06. The smallest absolute Gasteiger partial charge is 0.263 e. The summed E-state index contributed by atoms with van der Waals surface area (Å²) in [4.78, 5) is 7.03. The fourth-order valence-electron chi connectivity index (χ4n) is 1.71. The largest absolute Gasteiger partial charge is 0.363 e. The molecule has 7 heteroatoms. The van der Waals surface area contributed by atoms with E-state index in [2.05, 4.69) is 26.9 Å². The fourth-order valence-corrected chi connectivity index (χ4v) is 2.79. The number of pyridine rings is 1. The van der Waals surface area contributed by atoms with Gasteiger partial charge in [-0.05, 0) is 31.2 Å². The summed E-state index contributed by atoms with van der Waals surface area (Å²) in [5.74, 6) is 0. The zero-order chi connectivity index (χ0) is 14.4. The monoisotopic (exact) mass is 294 g/mol. The fraction of sp³-hybridized carbons (Fsp3) is 0.308. The van der Waals surface area contributed by atoms with Crippen LogP contribution in [0.15, 0.2) is 41.7 Å². The van der Waals surface area contributed by atoms with Gasteiger partial charge in [0.25, 0.3) is 10.0 Å². The summed E-state index contributed by atoms with van der Waals surface area (Å²) in [6, 6.07) is 4.84. The molecule has 0 radical (unpaired) electrons. The average molecular weight is 294 g/mol. The van der Waals surface area contributed by atoms with Gasteiger partial charge in [0.2, 0.25) is 0 Å². The average Bonchev–Trinajstić information content (AvgIpc) is 2.89. The lowest BCUT2D eigenvalue weighted by Gasteiger charge is -2.05. The number of hydrogen-bond donors (Lipinski definition) is 3. The Labute approximate surface area is 118 Å². The standard InChI is InChI=1S/C13H18N4O2S/c1-2-5-15-9-12-8-13(10-16-12)20(18,19)17-11-3-6-14-7-4-11/h3-4,6-8,10,15-16H,2,5,9H2,1H3,(H,14,17). The van der Waals surface area contributed by atoms with Crippen LogP contribution in [0.25, 0.3) is 0 Å². The zero-order valence-electron chi connectivity index (χ0n) is 11.3. The predicted molar refractivity (Wildman–Crippen MR) is 77.8 cm³/mol. The number of rotatable bonds is 7. The summed E-state index contributed by atoms with van der Waals surface area (Å²) in [5, 5.41) is 3.21. The van der Waals surface area contributed by atoms with Crippen LogP contribution in [0.5, 0.6) is 0 Å². The quantitative estimate of drug-likeness (QED) is 0.678. The second kappa shape index (κ2) is 6.53. The van der Waals surface area contributed by atoms with Crippen LogP contribution < -0.4 is 10.0 Å². The Morgan fingerprint density at radius 1 is 1.30 bits per heavy atom. The zero-order valence-corrected chi connectivity index (χ0v) is 12.1. The molecule has 0 unspecified atom stereocenters. The highest BCUT2D eigenvalue weighted by molar-refractivity contribution is 7.92. The Kier molecular flexibility index (Phi) is 4.75. The second-order valence-corrected chi connectivity index (χ2v) is 6.06. The molecule has 108 valence electrons. The van der Waals surface area contributed by atoms with Crippen molar-refractivity contribution in [3.63, 3.8) is 0 Å². The van der Waals surface area contributed by atoms with Crippen LogP contribution in [0, 0.1) is 0 Å². The number of sulfonamides is 1. The molecular weight excluding hydrogens is 276 g/mol. The summed E-state index contributed by atoms with van der Waals surface area (Å²) in [6.45, 7) is 3.60. The summed E-state index contributed by atoms with van der Waals surface area (Å²) in [7, 11) is -3.56. The number of aromatic amines is 1. The van der Waals surface area contributed by atoms with Crippen molar-refractivity contribution in [2.45, 2.75) is 24.8 Å². The molecule has 6 nitrogen and oxygen atoms in total. The van der Waals surface area contributed by atoms with Gasteiger partial charge in [-0.15, -0.1) is 0 Å². The molecule has 0 saturated carbocycles. The van der Waals surface area contributed by atoms with Gasteiger partial charge in [-0.2, -0.15) is 0 Å². The van der Waals surface area contributed by atoms with Crippen LogP contribution in [-0.2, 0) is 16.6 Å². The third-order valence-electron chi connectivity index (χ3n) is 2.70. The lowest BCUT2D eigenvalue weighted by Crippen LogP contribution is -2.14. The first kappa shape index (κ1) is 14.5. The molecule has 0 aliphatic heterocycles. The van der Waals surface area contributed by atoms with Crippen LogP contribution in [0.2, 0.25) is 0 Å². The molecule has 0 amide bonds. The van der Waals surface area contributed by atoms with Gasteiger partial charge < -0.3 is 10.3 Å². The van der Waals surface area contributed by atoms with Crippen LogP contribution in [0.3, 0.4) is 0 Å². The van der Waals surface area contributed by atoms with Gasteiger partial charge in [0.1, 0.15) is 4.90 Å².